The Hall–Kier alpha value is -3.15. The summed E-state index contributed by atoms with van der Waals surface area (Å²) in [7, 11) is 0. The van der Waals surface area contributed by atoms with Crippen LogP contribution >= 0.6 is 0 Å². The molecule has 1 amide bonds. The van der Waals surface area contributed by atoms with E-state index in [1.807, 2.05) is 24.3 Å². The van der Waals surface area contributed by atoms with Crippen molar-refractivity contribution in [2.24, 2.45) is 0 Å². The number of amides is 1. The van der Waals surface area contributed by atoms with Gasteiger partial charge in [-0.3, -0.25) is 4.79 Å². The summed E-state index contributed by atoms with van der Waals surface area (Å²) in [5, 5.41) is 11.5. The van der Waals surface area contributed by atoms with E-state index in [0.29, 0.717) is 6.29 Å². The molecule has 0 unspecified atom stereocenters. The first-order chi connectivity index (χ1) is 12.0. The van der Waals surface area contributed by atoms with E-state index in [0.717, 1.165) is 11.1 Å². The van der Waals surface area contributed by atoms with E-state index < -0.39 is 24.0 Å². The molecule has 0 saturated heterocycles. The summed E-state index contributed by atoms with van der Waals surface area (Å²) in [5.41, 5.74) is -0.0455. The second-order valence-corrected chi connectivity index (χ2v) is 5.69. The van der Waals surface area contributed by atoms with Crippen molar-refractivity contribution in [3.05, 3.63) is 71.8 Å². The van der Waals surface area contributed by atoms with Gasteiger partial charge in [-0.2, -0.15) is 0 Å². The lowest BCUT2D eigenvalue weighted by atomic mass is 9.89. The number of rotatable bonds is 8. The van der Waals surface area contributed by atoms with Crippen molar-refractivity contribution in [1.82, 2.24) is 5.32 Å². The number of carboxylic acids is 1. The zero-order valence-corrected chi connectivity index (χ0v) is 13.6. The number of ether oxygens (including phenoxy) is 1. The third-order valence-corrected chi connectivity index (χ3v) is 3.62. The van der Waals surface area contributed by atoms with Crippen molar-refractivity contribution in [2.75, 3.05) is 0 Å². The minimum atomic E-state index is -1.57. The summed E-state index contributed by atoms with van der Waals surface area (Å²) in [6, 6.07) is 17.9. The van der Waals surface area contributed by atoms with Crippen LogP contribution in [0.4, 0.5) is 4.79 Å². The average Bonchev–Trinajstić information content (AvgIpc) is 2.61. The lowest BCUT2D eigenvalue weighted by molar-refractivity contribution is -0.140. The number of carboxylic acid groups (broad SMARTS) is 1. The number of benzene rings is 2. The molecule has 0 radical (unpaired) electrons. The van der Waals surface area contributed by atoms with Crippen molar-refractivity contribution in [3.8, 4) is 0 Å². The van der Waals surface area contributed by atoms with Gasteiger partial charge in [-0.15, -0.1) is 0 Å². The van der Waals surface area contributed by atoms with Crippen LogP contribution in [0.5, 0.6) is 0 Å². The fraction of sp³-hybridized carbons (Fsp3) is 0.211. The number of carbonyl (C=O) groups excluding carboxylic acids is 2. The molecule has 0 heterocycles. The molecule has 1 atom stereocenters. The van der Waals surface area contributed by atoms with Crippen LogP contribution in [0.25, 0.3) is 0 Å². The Morgan fingerprint density at radius 1 is 1.00 bits per heavy atom. The molecule has 0 saturated carbocycles. The quantitative estimate of drug-likeness (QED) is 0.720. The first-order valence-electron chi connectivity index (χ1n) is 7.74. The van der Waals surface area contributed by atoms with Crippen LogP contribution in [0.1, 0.15) is 17.5 Å². The average molecular weight is 341 g/mol. The van der Waals surface area contributed by atoms with Gasteiger partial charge >= 0.3 is 12.1 Å². The summed E-state index contributed by atoms with van der Waals surface area (Å²) in [6.45, 7) is 0.0278. The molecule has 0 spiro atoms. The summed E-state index contributed by atoms with van der Waals surface area (Å²) in [4.78, 5) is 34.9. The number of nitrogens with one attached hydrogen (secondary N) is 1. The van der Waals surface area contributed by atoms with Gasteiger partial charge in [0.15, 0.2) is 0 Å². The third-order valence-electron chi connectivity index (χ3n) is 3.62. The first kappa shape index (κ1) is 18.2. The van der Waals surface area contributed by atoms with Crippen LogP contribution in [-0.4, -0.2) is 29.0 Å². The van der Waals surface area contributed by atoms with Crippen molar-refractivity contribution >= 4 is 18.3 Å². The minimum absolute atomic E-state index is 0.0278. The molecule has 25 heavy (non-hydrogen) atoms. The summed E-state index contributed by atoms with van der Waals surface area (Å²) in [5.74, 6) is -1.19. The van der Waals surface area contributed by atoms with Crippen molar-refractivity contribution in [1.29, 1.82) is 0 Å². The molecule has 0 fully saturated rings. The van der Waals surface area contributed by atoms with Crippen LogP contribution in [-0.2, 0) is 27.4 Å². The van der Waals surface area contributed by atoms with Gasteiger partial charge < -0.3 is 20.0 Å². The molecule has 2 N–H and O–H groups in total. The molecule has 2 rings (SSSR count). The van der Waals surface area contributed by atoms with Gasteiger partial charge in [0.2, 0.25) is 0 Å². The van der Waals surface area contributed by atoms with Gasteiger partial charge in [0, 0.05) is 6.42 Å². The fourth-order valence-corrected chi connectivity index (χ4v) is 2.46. The molecule has 2 aromatic rings. The molecule has 0 aliphatic heterocycles. The Labute approximate surface area is 145 Å². The Balaban J connectivity index is 2.07. The highest BCUT2D eigenvalue weighted by Gasteiger charge is 2.35. The number of hydrogen-bond donors (Lipinski definition) is 2. The Morgan fingerprint density at radius 3 is 2.08 bits per heavy atom. The molecule has 6 nitrogen and oxygen atoms in total. The largest absolute Gasteiger partial charge is 0.481 e. The maximum absolute atomic E-state index is 12.1. The standard InChI is InChI=1S/C19H19NO5/c21-14-19(12-17(22)23,11-15-7-3-1-4-8-15)20-18(24)25-13-16-9-5-2-6-10-16/h1-10,14H,11-13H2,(H,20,24)(H,22,23)/t19-/m0/s1. The van der Waals surface area contributed by atoms with Crippen LogP contribution in [0.15, 0.2) is 60.7 Å². The predicted octanol–water partition coefficient (Wildman–Crippen LogP) is 2.57. The van der Waals surface area contributed by atoms with Gasteiger partial charge in [0.1, 0.15) is 18.4 Å². The second kappa shape index (κ2) is 8.63. The number of aldehydes is 1. The topological polar surface area (TPSA) is 92.7 Å². The van der Waals surface area contributed by atoms with Crippen molar-refractivity contribution in [2.45, 2.75) is 25.0 Å². The number of aliphatic carboxylic acids is 1. The maximum atomic E-state index is 12.1. The van der Waals surface area contributed by atoms with E-state index in [1.165, 1.54) is 0 Å². The van der Waals surface area contributed by atoms with E-state index in [1.54, 1.807) is 36.4 Å². The summed E-state index contributed by atoms with van der Waals surface area (Å²) >= 11 is 0. The van der Waals surface area contributed by atoms with E-state index in [4.69, 9.17) is 9.84 Å². The summed E-state index contributed by atoms with van der Waals surface area (Å²) in [6.07, 6.45) is -0.860. The van der Waals surface area contributed by atoms with Crippen LogP contribution in [0.2, 0.25) is 0 Å². The molecule has 0 aliphatic rings. The first-order valence-corrected chi connectivity index (χ1v) is 7.74. The zero-order valence-electron chi connectivity index (χ0n) is 13.6. The molecular weight excluding hydrogens is 322 g/mol. The van der Waals surface area contributed by atoms with E-state index in [-0.39, 0.29) is 13.0 Å². The lowest BCUT2D eigenvalue weighted by Gasteiger charge is -2.27. The normalized spacial score (nSPS) is 12.6. The van der Waals surface area contributed by atoms with Crippen molar-refractivity contribution < 1.29 is 24.2 Å². The molecule has 0 bridgehead atoms. The Morgan fingerprint density at radius 2 is 1.56 bits per heavy atom. The SMILES string of the molecule is O=C[C@@](CC(=O)O)(Cc1ccccc1)NC(=O)OCc1ccccc1. The van der Waals surface area contributed by atoms with Crippen LogP contribution < -0.4 is 5.32 Å². The minimum Gasteiger partial charge on any atom is -0.481 e. The van der Waals surface area contributed by atoms with Gasteiger partial charge in [-0.25, -0.2) is 4.79 Å². The number of carbonyl (C=O) groups is 3. The van der Waals surface area contributed by atoms with E-state index >= 15 is 0 Å². The second-order valence-electron chi connectivity index (χ2n) is 5.69. The van der Waals surface area contributed by atoms with Gasteiger partial charge in [0.05, 0.1) is 6.42 Å². The molecule has 6 heteroatoms. The van der Waals surface area contributed by atoms with Gasteiger partial charge in [0.25, 0.3) is 0 Å². The number of alkyl carbamates (subject to hydrolysis) is 1. The number of hydrogen-bond acceptors (Lipinski definition) is 4. The Bertz CT molecular complexity index is 717. The van der Waals surface area contributed by atoms with E-state index in [9.17, 15) is 14.4 Å². The van der Waals surface area contributed by atoms with Crippen LogP contribution in [0, 0.1) is 0 Å². The molecule has 130 valence electrons. The molecule has 2 aromatic carbocycles. The molecule has 0 aliphatic carbocycles. The third kappa shape index (κ3) is 5.76. The van der Waals surface area contributed by atoms with Gasteiger partial charge in [-0.05, 0) is 11.1 Å². The maximum Gasteiger partial charge on any atom is 0.408 e. The zero-order chi connectivity index (χ0) is 18.1. The van der Waals surface area contributed by atoms with Crippen LogP contribution in [0.3, 0.4) is 0 Å². The van der Waals surface area contributed by atoms with Crippen molar-refractivity contribution in [3.63, 3.8) is 0 Å². The monoisotopic (exact) mass is 341 g/mol. The fourth-order valence-electron chi connectivity index (χ4n) is 2.46. The van der Waals surface area contributed by atoms with Gasteiger partial charge in [-0.1, -0.05) is 60.7 Å². The Kier molecular flexibility index (Phi) is 6.28. The highest BCUT2D eigenvalue weighted by molar-refractivity contribution is 5.82. The lowest BCUT2D eigenvalue weighted by Crippen LogP contribution is -2.53. The van der Waals surface area contributed by atoms with E-state index in [2.05, 4.69) is 5.32 Å². The smallest absolute Gasteiger partial charge is 0.408 e. The molecule has 0 aromatic heterocycles. The highest BCUT2D eigenvalue weighted by Crippen LogP contribution is 2.17. The predicted molar refractivity (Wildman–Crippen MR) is 91.0 cm³/mol. The summed E-state index contributed by atoms with van der Waals surface area (Å²) < 4.78 is 5.10. The molecular formula is C19H19NO5. The highest BCUT2D eigenvalue weighted by atomic mass is 16.5.